The number of rotatable bonds is 5. The van der Waals surface area contributed by atoms with Crippen molar-refractivity contribution >= 4 is 21.6 Å². The van der Waals surface area contributed by atoms with Crippen LogP contribution in [0.15, 0.2) is 23.1 Å². The molecule has 0 fully saturated rings. The molecule has 1 unspecified atom stereocenters. The number of nitrogens with two attached hydrogens (primary N) is 2. The number of nitrogens with one attached hydrogen (secondary N) is 1. The third-order valence-corrected chi connectivity index (χ3v) is 3.86. The second-order valence-electron chi connectivity index (χ2n) is 4.57. The highest BCUT2D eigenvalue weighted by Gasteiger charge is 2.15. The minimum atomic E-state index is -3.79. The van der Waals surface area contributed by atoms with Gasteiger partial charge in [-0.05, 0) is 37.1 Å². The number of hydrogen-bond acceptors (Lipinski definition) is 4. The first-order valence-corrected chi connectivity index (χ1v) is 7.42. The second kappa shape index (κ2) is 6.14. The first kappa shape index (κ1) is 15.6. The Morgan fingerprint density at radius 2 is 2.05 bits per heavy atom. The van der Waals surface area contributed by atoms with Gasteiger partial charge in [-0.25, -0.2) is 13.6 Å². The average Bonchev–Trinajstić information content (AvgIpc) is 2.30. The molecular formula is C12H19N3O3S. The smallest absolute Gasteiger partial charge is 0.238 e. The summed E-state index contributed by atoms with van der Waals surface area (Å²) in [5, 5.41) is 7.78. The average molecular weight is 285 g/mol. The zero-order valence-electron chi connectivity index (χ0n) is 11.0. The Hall–Kier alpha value is -1.44. The van der Waals surface area contributed by atoms with E-state index in [1.165, 1.54) is 12.1 Å². The van der Waals surface area contributed by atoms with Gasteiger partial charge in [0.25, 0.3) is 0 Å². The molecule has 1 atom stereocenters. The molecule has 1 aromatic carbocycles. The van der Waals surface area contributed by atoms with Crippen LogP contribution in [0.1, 0.15) is 18.9 Å². The van der Waals surface area contributed by atoms with Gasteiger partial charge in [0.1, 0.15) is 0 Å². The van der Waals surface area contributed by atoms with Gasteiger partial charge >= 0.3 is 0 Å². The molecule has 0 saturated carbocycles. The van der Waals surface area contributed by atoms with Gasteiger partial charge in [-0.3, -0.25) is 4.79 Å². The lowest BCUT2D eigenvalue weighted by atomic mass is 10.1. The molecule has 1 rings (SSSR count). The largest absolute Gasteiger partial charge is 0.330 e. The lowest BCUT2D eigenvalue weighted by Gasteiger charge is -2.13. The van der Waals surface area contributed by atoms with E-state index < -0.39 is 10.0 Å². The summed E-state index contributed by atoms with van der Waals surface area (Å²) < 4.78 is 22.7. The third-order valence-electron chi connectivity index (χ3n) is 2.80. The van der Waals surface area contributed by atoms with E-state index >= 15 is 0 Å². The minimum absolute atomic E-state index is 0.0113. The molecule has 1 amide bonds. The summed E-state index contributed by atoms with van der Waals surface area (Å²) in [6.07, 6.45) is 0.287. The summed E-state index contributed by atoms with van der Waals surface area (Å²) in [4.78, 5) is 11.8. The molecule has 0 radical (unpaired) electrons. The summed E-state index contributed by atoms with van der Waals surface area (Å²) in [5.41, 5.74) is 6.32. The van der Waals surface area contributed by atoms with Crippen LogP contribution in [0.25, 0.3) is 0 Å². The molecule has 5 N–H and O–H groups in total. The monoisotopic (exact) mass is 285 g/mol. The minimum Gasteiger partial charge on any atom is -0.330 e. The van der Waals surface area contributed by atoms with E-state index in [1.54, 1.807) is 13.0 Å². The van der Waals surface area contributed by atoms with Crippen molar-refractivity contribution in [3.05, 3.63) is 23.8 Å². The van der Waals surface area contributed by atoms with Gasteiger partial charge < -0.3 is 11.1 Å². The standard InChI is InChI=1S/C12H19N3O3S/c1-8(7-13)6-12(16)15-10-4-3-5-11(9(10)2)19(14,17)18/h3-5,8H,6-7,13H2,1-2H3,(H,15,16)(H2,14,17,18). The molecule has 0 aliphatic carbocycles. The van der Waals surface area contributed by atoms with Crippen molar-refractivity contribution < 1.29 is 13.2 Å². The van der Waals surface area contributed by atoms with Crippen LogP contribution < -0.4 is 16.2 Å². The molecule has 0 aromatic heterocycles. The quantitative estimate of drug-likeness (QED) is 0.733. The highest BCUT2D eigenvalue weighted by atomic mass is 32.2. The van der Waals surface area contributed by atoms with Gasteiger partial charge in [0.15, 0.2) is 0 Å². The Morgan fingerprint density at radius 1 is 1.42 bits per heavy atom. The predicted molar refractivity (Wildman–Crippen MR) is 74.0 cm³/mol. The number of benzene rings is 1. The molecule has 0 aliphatic heterocycles. The van der Waals surface area contributed by atoms with Gasteiger partial charge in [-0.1, -0.05) is 13.0 Å². The maximum Gasteiger partial charge on any atom is 0.238 e. The molecule has 6 nitrogen and oxygen atoms in total. The summed E-state index contributed by atoms with van der Waals surface area (Å²) in [5.74, 6) is -0.130. The van der Waals surface area contributed by atoms with Crippen molar-refractivity contribution in [1.29, 1.82) is 0 Å². The first-order valence-electron chi connectivity index (χ1n) is 5.88. The van der Waals surface area contributed by atoms with E-state index in [9.17, 15) is 13.2 Å². The van der Waals surface area contributed by atoms with E-state index in [4.69, 9.17) is 10.9 Å². The lowest BCUT2D eigenvalue weighted by Crippen LogP contribution is -2.21. The normalized spacial score (nSPS) is 13.1. The zero-order valence-corrected chi connectivity index (χ0v) is 11.8. The molecule has 0 saturated heterocycles. The molecule has 106 valence electrons. The molecule has 0 spiro atoms. The van der Waals surface area contributed by atoms with Crippen molar-refractivity contribution in [1.82, 2.24) is 0 Å². The molecular weight excluding hydrogens is 266 g/mol. The topological polar surface area (TPSA) is 115 Å². The van der Waals surface area contributed by atoms with Crippen LogP contribution in [0.5, 0.6) is 0 Å². The Bertz CT molecular complexity index is 570. The molecule has 0 aliphatic rings. The third kappa shape index (κ3) is 4.30. The van der Waals surface area contributed by atoms with Crippen LogP contribution in [0, 0.1) is 12.8 Å². The fraction of sp³-hybridized carbons (Fsp3) is 0.417. The fourth-order valence-electron chi connectivity index (χ4n) is 1.66. The van der Waals surface area contributed by atoms with Crippen LogP contribution >= 0.6 is 0 Å². The zero-order chi connectivity index (χ0) is 14.6. The van der Waals surface area contributed by atoms with Gasteiger partial charge in [0.05, 0.1) is 4.90 Å². The number of primary sulfonamides is 1. The van der Waals surface area contributed by atoms with Gasteiger partial charge in [0, 0.05) is 12.1 Å². The number of hydrogen-bond donors (Lipinski definition) is 3. The van der Waals surface area contributed by atoms with Crippen molar-refractivity contribution in [2.24, 2.45) is 16.8 Å². The van der Waals surface area contributed by atoms with Crippen LogP contribution in [0.4, 0.5) is 5.69 Å². The summed E-state index contributed by atoms with van der Waals surface area (Å²) in [6.45, 7) is 3.89. The number of carbonyl (C=O) groups is 1. The molecule has 0 bridgehead atoms. The van der Waals surface area contributed by atoms with Crippen LogP contribution in [0.3, 0.4) is 0 Å². The summed E-state index contributed by atoms with van der Waals surface area (Å²) >= 11 is 0. The molecule has 19 heavy (non-hydrogen) atoms. The van der Waals surface area contributed by atoms with Crippen molar-refractivity contribution in [3.8, 4) is 0 Å². The van der Waals surface area contributed by atoms with E-state index in [0.717, 1.165) is 0 Å². The Balaban J connectivity index is 2.95. The molecule has 7 heteroatoms. The fourth-order valence-corrected chi connectivity index (χ4v) is 2.46. The maximum atomic E-state index is 11.7. The van der Waals surface area contributed by atoms with Crippen molar-refractivity contribution in [2.45, 2.75) is 25.2 Å². The van der Waals surface area contributed by atoms with Crippen molar-refractivity contribution in [3.63, 3.8) is 0 Å². The van der Waals surface area contributed by atoms with Crippen LogP contribution in [-0.4, -0.2) is 20.9 Å². The highest BCUT2D eigenvalue weighted by molar-refractivity contribution is 7.89. The number of anilines is 1. The van der Waals surface area contributed by atoms with E-state index in [-0.39, 0.29) is 23.1 Å². The Kier molecular flexibility index (Phi) is 5.04. The van der Waals surface area contributed by atoms with E-state index in [2.05, 4.69) is 5.32 Å². The lowest BCUT2D eigenvalue weighted by molar-refractivity contribution is -0.116. The Morgan fingerprint density at radius 3 is 2.58 bits per heavy atom. The maximum absolute atomic E-state index is 11.7. The van der Waals surface area contributed by atoms with Crippen molar-refractivity contribution in [2.75, 3.05) is 11.9 Å². The van der Waals surface area contributed by atoms with Gasteiger partial charge in [0.2, 0.25) is 15.9 Å². The summed E-state index contributed by atoms with van der Waals surface area (Å²) in [6, 6.07) is 4.58. The van der Waals surface area contributed by atoms with E-state index in [1.807, 2.05) is 6.92 Å². The predicted octanol–water partition coefficient (Wildman–Crippen LogP) is 0.566. The SMILES string of the molecule is Cc1c(NC(=O)CC(C)CN)cccc1S(N)(=O)=O. The second-order valence-corrected chi connectivity index (χ2v) is 6.10. The van der Waals surface area contributed by atoms with Gasteiger partial charge in [-0.15, -0.1) is 0 Å². The molecule has 0 heterocycles. The van der Waals surface area contributed by atoms with Gasteiger partial charge in [-0.2, -0.15) is 0 Å². The first-order chi connectivity index (χ1) is 8.75. The summed E-state index contributed by atoms with van der Waals surface area (Å²) in [7, 11) is -3.79. The Labute approximate surface area is 113 Å². The number of amides is 1. The number of carbonyl (C=O) groups excluding carboxylic acids is 1. The van der Waals surface area contributed by atoms with E-state index in [0.29, 0.717) is 17.8 Å². The number of sulfonamides is 1. The molecule has 1 aromatic rings. The highest BCUT2D eigenvalue weighted by Crippen LogP contribution is 2.22. The van der Waals surface area contributed by atoms with Crippen LogP contribution in [0.2, 0.25) is 0 Å². The van der Waals surface area contributed by atoms with Crippen LogP contribution in [-0.2, 0) is 14.8 Å².